The maximum absolute atomic E-state index is 9.43. The molecule has 0 aliphatic carbocycles. The van der Waals surface area contributed by atoms with Crippen LogP contribution < -0.4 is 10.2 Å². The van der Waals surface area contributed by atoms with Crippen LogP contribution in [0.5, 0.6) is 0 Å². The van der Waals surface area contributed by atoms with Gasteiger partial charge in [0.15, 0.2) is 0 Å². The summed E-state index contributed by atoms with van der Waals surface area (Å²) in [4.78, 5) is 2.43. The number of aliphatic hydroxyl groups is 1. The number of benzene rings is 1. The molecule has 3 nitrogen and oxygen atoms in total. The molecule has 0 amide bonds. The van der Waals surface area contributed by atoms with E-state index >= 15 is 0 Å². The van der Waals surface area contributed by atoms with Crippen molar-refractivity contribution in [3.8, 4) is 0 Å². The fraction of sp³-hybridized carbons (Fsp3) is 0.600. The van der Waals surface area contributed by atoms with Crippen LogP contribution in [0.25, 0.3) is 0 Å². The lowest BCUT2D eigenvalue weighted by molar-refractivity contribution is 0.243. The third kappa shape index (κ3) is 2.85. The number of nitrogens with one attached hydrogen (secondary N) is 1. The monoisotopic (exact) mass is 248 g/mol. The van der Waals surface area contributed by atoms with Crippen molar-refractivity contribution < 1.29 is 5.11 Å². The number of fused-ring (bicyclic) bond motifs is 1. The average molecular weight is 248 g/mol. The van der Waals surface area contributed by atoms with Crippen LogP contribution >= 0.6 is 0 Å². The Balaban J connectivity index is 2.15. The van der Waals surface area contributed by atoms with Crippen LogP contribution in [0.15, 0.2) is 24.3 Å². The molecule has 2 atom stereocenters. The minimum atomic E-state index is 0.156. The zero-order chi connectivity index (χ0) is 13.0. The van der Waals surface area contributed by atoms with Crippen LogP contribution in [-0.2, 0) is 6.42 Å². The van der Waals surface area contributed by atoms with E-state index in [0.717, 1.165) is 13.1 Å². The second-order valence-electron chi connectivity index (χ2n) is 5.11. The number of anilines is 1. The molecule has 2 rings (SSSR count). The molecule has 0 saturated heterocycles. The molecule has 2 unspecified atom stereocenters. The van der Waals surface area contributed by atoms with Gasteiger partial charge in [0.25, 0.3) is 0 Å². The lowest BCUT2D eigenvalue weighted by atomic mass is 9.96. The molecule has 100 valence electrons. The Morgan fingerprint density at radius 2 is 2.22 bits per heavy atom. The summed E-state index contributed by atoms with van der Waals surface area (Å²) < 4.78 is 0. The fourth-order valence-electron chi connectivity index (χ4n) is 2.75. The molecular formula is C15H24N2O. The van der Waals surface area contributed by atoms with Crippen molar-refractivity contribution in [3.63, 3.8) is 0 Å². The summed E-state index contributed by atoms with van der Waals surface area (Å²) >= 11 is 0. The first kappa shape index (κ1) is 13.4. The van der Waals surface area contributed by atoms with Crippen molar-refractivity contribution >= 4 is 5.69 Å². The highest BCUT2D eigenvalue weighted by Gasteiger charge is 2.24. The minimum absolute atomic E-state index is 0.156. The third-order valence-corrected chi connectivity index (χ3v) is 3.79. The lowest BCUT2D eigenvalue weighted by Gasteiger charge is -2.39. The fourth-order valence-corrected chi connectivity index (χ4v) is 2.75. The number of rotatable bonds is 5. The van der Waals surface area contributed by atoms with Gasteiger partial charge in [-0.3, -0.25) is 0 Å². The maximum Gasteiger partial charge on any atom is 0.0601 e. The van der Waals surface area contributed by atoms with Gasteiger partial charge in [0.05, 0.1) is 6.61 Å². The van der Waals surface area contributed by atoms with E-state index in [-0.39, 0.29) is 12.6 Å². The normalized spacial score (nSPS) is 20.6. The SMILES string of the molecule is CCNC(CO)CN1c2ccccc2CCC1C. The van der Waals surface area contributed by atoms with Gasteiger partial charge >= 0.3 is 0 Å². The van der Waals surface area contributed by atoms with E-state index in [1.807, 2.05) is 0 Å². The lowest BCUT2D eigenvalue weighted by Crippen LogP contribution is -2.48. The third-order valence-electron chi connectivity index (χ3n) is 3.79. The second kappa shape index (κ2) is 6.21. The number of likely N-dealkylation sites (N-methyl/N-ethyl adjacent to an activating group) is 1. The molecule has 1 aliphatic heterocycles. The van der Waals surface area contributed by atoms with Gasteiger partial charge in [-0.1, -0.05) is 25.1 Å². The van der Waals surface area contributed by atoms with Crippen molar-refractivity contribution in [1.29, 1.82) is 0 Å². The van der Waals surface area contributed by atoms with Gasteiger partial charge in [-0.25, -0.2) is 0 Å². The van der Waals surface area contributed by atoms with Crippen LogP contribution in [0.2, 0.25) is 0 Å². The van der Waals surface area contributed by atoms with E-state index in [9.17, 15) is 5.11 Å². The van der Waals surface area contributed by atoms with Crippen LogP contribution in [0, 0.1) is 0 Å². The van der Waals surface area contributed by atoms with Gasteiger partial charge in [-0.2, -0.15) is 0 Å². The number of hydrogen-bond donors (Lipinski definition) is 2. The standard InChI is InChI=1S/C15H24N2O/c1-3-16-14(11-18)10-17-12(2)8-9-13-6-4-5-7-15(13)17/h4-7,12,14,16,18H,3,8-11H2,1-2H3. The van der Waals surface area contributed by atoms with E-state index in [0.29, 0.717) is 6.04 Å². The van der Waals surface area contributed by atoms with Gasteiger partial charge in [-0.15, -0.1) is 0 Å². The Labute approximate surface area is 110 Å². The summed E-state index contributed by atoms with van der Waals surface area (Å²) in [7, 11) is 0. The van der Waals surface area contributed by atoms with Crippen molar-refractivity contribution in [1.82, 2.24) is 5.32 Å². The summed E-state index contributed by atoms with van der Waals surface area (Å²) in [6, 6.07) is 9.34. The Hall–Kier alpha value is -1.06. The van der Waals surface area contributed by atoms with Gasteiger partial charge in [0.2, 0.25) is 0 Å². The smallest absolute Gasteiger partial charge is 0.0601 e. The Morgan fingerprint density at radius 3 is 2.94 bits per heavy atom. The molecule has 0 bridgehead atoms. The van der Waals surface area contributed by atoms with Crippen molar-refractivity contribution in [2.75, 3.05) is 24.6 Å². The van der Waals surface area contributed by atoms with Gasteiger partial charge < -0.3 is 15.3 Å². The zero-order valence-electron chi connectivity index (χ0n) is 11.4. The highest BCUT2D eigenvalue weighted by Crippen LogP contribution is 2.30. The molecule has 1 aromatic carbocycles. The van der Waals surface area contributed by atoms with E-state index < -0.39 is 0 Å². The Bertz CT molecular complexity index is 381. The van der Waals surface area contributed by atoms with E-state index in [1.165, 1.54) is 24.1 Å². The number of aliphatic hydroxyl groups excluding tert-OH is 1. The molecule has 1 aromatic rings. The zero-order valence-corrected chi connectivity index (χ0v) is 11.4. The van der Waals surface area contributed by atoms with Crippen molar-refractivity contribution in [2.24, 2.45) is 0 Å². The van der Waals surface area contributed by atoms with Crippen LogP contribution in [0.1, 0.15) is 25.8 Å². The molecule has 0 aromatic heterocycles. The molecule has 3 heteroatoms. The van der Waals surface area contributed by atoms with Crippen molar-refractivity contribution in [3.05, 3.63) is 29.8 Å². The summed E-state index contributed by atoms with van der Waals surface area (Å²) in [5.41, 5.74) is 2.77. The number of aryl methyl sites for hydroxylation is 1. The van der Waals surface area contributed by atoms with E-state index in [1.54, 1.807) is 0 Å². The summed E-state index contributed by atoms with van der Waals surface area (Å²) in [5.74, 6) is 0. The number of nitrogens with zero attached hydrogens (tertiary/aromatic N) is 1. The highest BCUT2D eigenvalue weighted by atomic mass is 16.3. The molecule has 1 heterocycles. The summed E-state index contributed by atoms with van der Waals surface area (Å²) in [5, 5.41) is 12.8. The van der Waals surface area contributed by atoms with Gasteiger partial charge in [0, 0.05) is 24.3 Å². The first-order chi connectivity index (χ1) is 8.76. The predicted octanol–water partition coefficient (Wildman–Crippen LogP) is 1.80. The molecule has 1 aliphatic rings. The van der Waals surface area contributed by atoms with Gasteiger partial charge in [0.1, 0.15) is 0 Å². The Kier molecular flexibility index (Phi) is 4.61. The van der Waals surface area contributed by atoms with Crippen LogP contribution in [0.3, 0.4) is 0 Å². The van der Waals surface area contributed by atoms with E-state index in [2.05, 4.69) is 48.3 Å². The second-order valence-corrected chi connectivity index (χ2v) is 5.11. The molecule has 0 saturated carbocycles. The maximum atomic E-state index is 9.43. The molecule has 0 radical (unpaired) electrons. The molecular weight excluding hydrogens is 224 g/mol. The average Bonchev–Trinajstić information content (AvgIpc) is 2.41. The summed E-state index contributed by atoms with van der Waals surface area (Å²) in [6.45, 7) is 6.32. The number of hydrogen-bond acceptors (Lipinski definition) is 3. The minimum Gasteiger partial charge on any atom is -0.395 e. The summed E-state index contributed by atoms with van der Waals surface area (Å²) in [6.07, 6.45) is 2.36. The molecule has 2 N–H and O–H groups in total. The predicted molar refractivity (Wildman–Crippen MR) is 76.1 cm³/mol. The topological polar surface area (TPSA) is 35.5 Å². The van der Waals surface area contributed by atoms with Crippen molar-refractivity contribution in [2.45, 2.75) is 38.8 Å². The molecule has 18 heavy (non-hydrogen) atoms. The highest BCUT2D eigenvalue weighted by molar-refractivity contribution is 5.56. The van der Waals surface area contributed by atoms with E-state index in [4.69, 9.17) is 0 Å². The van der Waals surface area contributed by atoms with Crippen LogP contribution in [0.4, 0.5) is 5.69 Å². The van der Waals surface area contributed by atoms with Crippen LogP contribution in [-0.4, -0.2) is 36.9 Å². The quantitative estimate of drug-likeness (QED) is 0.834. The largest absolute Gasteiger partial charge is 0.395 e. The first-order valence-corrected chi connectivity index (χ1v) is 6.95. The molecule has 0 spiro atoms. The molecule has 0 fully saturated rings. The Morgan fingerprint density at radius 1 is 1.44 bits per heavy atom. The number of para-hydroxylation sites is 1. The van der Waals surface area contributed by atoms with Gasteiger partial charge in [-0.05, 0) is 37.9 Å². The first-order valence-electron chi connectivity index (χ1n) is 6.95.